The van der Waals surface area contributed by atoms with Crippen LogP contribution in [0.15, 0.2) is 35.1 Å². The molecule has 0 saturated heterocycles. The smallest absolute Gasteiger partial charge is 0.264 e. The van der Waals surface area contributed by atoms with Gasteiger partial charge in [0.15, 0.2) is 12.4 Å². The van der Waals surface area contributed by atoms with Crippen molar-refractivity contribution in [3.63, 3.8) is 0 Å². The third-order valence-corrected chi connectivity index (χ3v) is 3.50. The number of aromatic nitrogens is 4. The van der Waals surface area contributed by atoms with Gasteiger partial charge in [0.05, 0.1) is 18.5 Å². The topological polar surface area (TPSA) is 83.2 Å². The number of ether oxygens (including phenoxy) is 2. The van der Waals surface area contributed by atoms with E-state index in [4.69, 9.17) is 14.0 Å². The number of methoxy groups -OCH3 is 1. The van der Waals surface area contributed by atoms with Gasteiger partial charge in [-0.2, -0.15) is 4.98 Å². The fourth-order valence-electron chi connectivity index (χ4n) is 2.25. The minimum Gasteiger partial charge on any atom is -0.497 e. The first-order valence-corrected chi connectivity index (χ1v) is 7.61. The molecule has 0 spiro atoms. The largest absolute Gasteiger partial charge is 0.497 e. The van der Waals surface area contributed by atoms with Crippen molar-refractivity contribution in [1.82, 2.24) is 20.1 Å². The Morgan fingerprint density at radius 2 is 2.00 bits per heavy atom. The number of nitrogens with zero attached hydrogens (tertiary/aromatic N) is 4. The molecular weight excluding hydrogens is 308 g/mol. The number of hydrogen-bond donors (Lipinski definition) is 0. The molecule has 7 nitrogen and oxygen atoms in total. The molecule has 0 atom stereocenters. The van der Waals surface area contributed by atoms with Crippen molar-refractivity contribution in [3.05, 3.63) is 48.0 Å². The Morgan fingerprint density at radius 1 is 1.17 bits per heavy atom. The molecule has 2 aromatic heterocycles. The summed E-state index contributed by atoms with van der Waals surface area (Å²) >= 11 is 0. The van der Waals surface area contributed by atoms with Crippen molar-refractivity contribution in [3.8, 4) is 22.8 Å². The van der Waals surface area contributed by atoms with Crippen molar-refractivity contribution in [2.24, 2.45) is 0 Å². The summed E-state index contributed by atoms with van der Waals surface area (Å²) in [6, 6.07) is 5.56. The lowest BCUT2D eigenvalue weighted by atomic mass is 10.1. The van der Waals surface area contributed by atoms with Crippen LogP contribution in [0.4, 0.5) is 0 Å². The van der Waals surface area contributed by atoms with E-state index < -0.39 is 0 Å². The molecule has 124 valence electrons. The second-order valence-electron chi connectivity index (χ2n) is 5.10. The summed E-state index contributed by atoms with van der Waals surface area (Å²) in [5.41, 5.74) is 2.41. The third-order valence-electron chi connectivity index (χ3n) is 3.50. The Morgan fingerprint density at radius 3 is 2.71 bits per heavy atom. The fraction of sp³-hybridized carbons (Fsp3) is 0.294. The van der Waals surface area contributed by atoms with Gasteiger partial charge in [0.25, 0.3) is 5.89 Å². The van der Waals surface area contributed by atoms with E-state index in [9.17, 15) is 0 Å². The van der Waals surface area contributed by atoms with E-state index in [1.54, 1.807) is 25.6 Å². The normalized spacial score (nSPS) is 10.6. The van der Waals surface area contributed by atoms with Crippen molar-refractivity contribution in [2.75, 3.05) is 7.11 Å². The van der Waals surface area contributed by atoms with Gasteiger partial charge in [-0.15, -0.1) is 0 Å². The molecule has 0 N–H and O–H groups in total. The molecule has 0 bridgehead atoms. The van der Waals surface area contributed by atoms with E-state index >= 15 is 0 Å². The van der Waals surface area contributed by atoms with Crippen LogP contribution in [0.3, 0.4) is 0 Å². The molecule has 1 aromatic carbocycles. The van der Waals surface area contributed by atoms with Crippen LogP contribution in [0.1, 0.15) is 24.3 Å². The van der Waals surface area contributed by atoms with Crippen molar-refractivity contribution in [2.45, 2.75) is 26.9 Å². The maximum absolute atomic E-state index is 5.89. The molecule has 2 heterocycles. The molecule has 7 heteroatoms. The van der Waals surface area contributed by atoms with Crippen molar-refractivity contribution in [1.29, 1.82) is 0 Å². The van der Waals surface area contributed by atoms with E-state index in [0.717, 1.165) is 17.0 Å². The van der Waals surface area contributed by atoms with Gasteiger partial charge in [-0.25, -0.2) is 0 Å². The van der Waals surface area contributed by atoms with Gasteiger partial charge in [-0.3, -0.25) is 9.97 Å². The highest BCUT2D eigenvalue weighted by molar-refractivity contribution is 5.70. The van der Waals surface area contributed by atoms with Gasteiger partial charge in [-0.1, -0.05) is 12.1 Å². The highest BCUT2D eigenvalue weighted by Gasteiger charge is 2.14. The lowest BCUT2D eigenvalue weighted by molar-refractivity contribution is 0.242. The van der Waals surface area contributed by atoms with Gasteiger partial charge in [0, 0.05) is 30.4 Å². The average Bonchev–Trinajstić information content (AvgIpc) is 3.08. The monoisotopic (exact) mass is 326 g/mol. The standard InChI is InChI=1S/C17H18N4O3/c1-4-15-20-16(24-21-15)10-23-14-9-12(22-3)5-6-13(14)17-11(2)18-7-8-19-17/h5-9H,4,10H2,1-3H3. The van der Waals surface area contributed by atoms with Crippen LogP contribution in [-0.4, -0.2) is 27.2 Å². The Bertz CT molecular complexity index is 832. The Balaban J connectivity index is 1.91. The highest BCUT2D eigenvalue weighted by Crippen LogP contribution is 2.33. The van der Waals surface area contributed by atoms with Crippen LogP contribution < -0.4 is 9.47 Å². The molecule has 3 aromatic rings. The summed E-state index contributed by atoms with van der Waals surface area (Å²) in [5.74, 6) is 2.39. The summed E-state index contributed by atoms with van der Waals surface area (Å²) in [5, 5.41) is 3.86. The van der Waals surface area contributed by atoms with E-state index in [2.05, 4.69) is 20.1 Å². The molecule has 0 aliphatic heterocycles. The van der Waals surface area contributed by atoms with Crippen LogP contribution in [-0.2, 0) is 13.0 Å². The first-order chi connectivity index (χ1) is 11.7. The van der Waals surface area contributed by atoms with Crippen LogP contribution in [0.25, 0.3) is 11.3 Å². The lowest BCUT2D eigenvalue weighted by Gasteiger charge is -2.12. The van der Waals surface area contributed by atoms with Gasteiger partial charge in [-0.05, 0) is 19.1 Å². The maximum atomic E-state index is 5.89. The first-order valence-electron chi connectivity index (χ1n) is 7.61. The van der Waals surface area contributed by atoms with E-state index in [1.165, 1.54) is 0 Å². The van der Waals surface area contributed by atoms with Gasteiger partial charge in [0.2, 0.25) is 0 Å². The minimum absolute atomic E-state index is 0.173. The van der Waals surface area contributed by atoms with Crippen LogP contribution >= 0.6 is 0 Å². The molecule has 0 amide bonds. The SMILES string of the molecule is CCc1noc(COc2cc(OC)ccc2-c2nccnc2C)n1. The molecule has 0 saturated carbocycles. The molecular formula is C17H18N4O3. The number of aryl methyl sites for hydroxylation is 2. The summed E-state index contributed by atoms with van der Waals surface area (Å²) in [7, 11) is 1.61. The molecule has 24 heavy (non-hydrogen) atoms. The van der Waals surface area contributed by atoms with Crippen LogP contribution in [0.2, 0.25) is 0 Å². The zero-order valence-corrected chi connectivity index (χ0v) is 13.8. The summed E-state index contributed by atoms with van der Waals surface area (Å²) in [6.07, 6.45) is 4.03. The molecule has 0 aliphatic carbocycles. The zero-order valence-electron chi connectivity index (χ0n) is 13.8. The summed E-state index contributed by atoms with van der Waals surface area (Å²) in [6.45, 7) is 4.04. The van der Waals surface area contributed by atoms with Crippen LogP contribution in [0.5, 0.6) is 11.5 Å². The Hall–Kier alpha value is -2.96. The molecule has 3 rings (SSSR count). The third kappa shape index (κ3) is 3.34. The Labute approximate surface area is 139 Å². The van der Waals surface area contributed by atoms with Crippen molar-refractivity contribution < 1.29 is 14.0 Å². The van der Waals surface area contributed by atoms with Gasteiger partial charge in [0.1, 0.15) is 11.5 Å². The predicted molar refractivity (Wildman–Crippen MR) is 86.8 cm³/mol. The van der Waals surface area contributed by atoms with Crippen molar-refractivity contribution >= 4 is 0 Å². The maximum Gasteiger partial charge on any atom is 0.264 e. The van der Waals surface area contributed by atoms with E-state index in [-0.39, 0.29) is 6.61 Å². The first kappa shape index (κ1) is 15.9. The lowest BCUT2D eigenvalue weighted by Crippen LogP contribution is -2.00. The minimum atomic E-state index is 0.173. The van der Waals surface area contributed by atoms with Gasteiger partial charge < -0.3 is 14.0 Å². The highest BCUT2D eigenvalue weighted by atomic mass is 16.5. The summed E-state index contributed by atoms with van der Waals surface area (Å²) in [4.78, 5) is 12.9. The molecule has 0 fully saturated rings. The number of rotatable bonds is 6. The Kier molecular flexibility index (Phi) is 4.69. The van der Waals surface area contributed by atoms with Crippen LogP contribution in [0, 0.1) is 6.92 Å². The molecule has 0 unspecified atom stereocenters. The molecule has 0 radical (unpaired) electrons. The fourth-order valence-corrected chi connectivity index (χ4v) is 2.25. The second-order valence-corrected chi connectivity index (χ2v) is 5.10. The predicted octanol–water partition coefficient (Wildman–Crippen LogP) is 2.99. The number of hydrogen-bond acceptors (Lipinski definition) is 7. The molecule has 0 aliphatic rings. The van der Waals surface area contributed by atoms with E-state index in [0.29, 0.717) is 29.6 Å². The average molecular weight is 326 g/mol. The quantitative estimate of drug-likeness (QED) is 0.688. The summed E-state index contributed by atoms with van der Waals surface area (Å²) < 4.78 is 16.3. The number of benzene rings is 1. The zero-order chi connectivity index (χ0) is 16.9. The van der Waals surface area contributed by atoms with Gasteiger partial charge >= 0.3 is 0 Å². The second kappa shape index (κ2) is 7.08. The van der Waals surface area contributed by atoms with E-state index in [1.807, 2.05) is 26.0 Å².